The molecular weight excluding hydrogens is 313 g/mol. The maximum absolute atomic E-state index is 13.4. The average molecular weight is 333 g/mol. The van der Waals surface area contributed by atoms with Crippen LogP contribution < -0.4 is 5.56 Å². The molecule has 128 valence electrons. The SMILES string of the molecule is COCC(C)N(Cc1cccc(F)c1)C(=O)c1cnc(C)[nH]c1=O. The molecule has 0 spiro atoms. The molecule has 1 N–H and O–H groups in total. The van der Waals surface area contributed by atoms with Gasteiger partial charge >= 0.3 is 0 Å². The summed E-state index contributed by atoms with van der Waals surface area (Å²) in [4.78, 5) is 32.8. The third kappa shape index (κ3) is 4.26. The van der Waals surface area contributed by atoms with E-state index in [0.717, 1.165) is 0 Å². The molecule has 1 aromatic heterocycles. The molecule has 0 aliphatic carbocycles. The van der Waals surface area contributed by atoms with Crippen molar-refractivity contribution in [2.24, 2.45) is 0 Å². The summed E-state index contributed by atoms with van der Waals surface area (Å²) in [6.45, 7) is 3.89. The number of nitrogens with zero attached hydrogens (tertiary/aromatic N) is 2. The van der Waals surface area contributed by atoms with Gasteiger partial charge in [0.15, 0.2) is 0 Å². The first-order chi connectivity index (χ1) is 11.4. The molecule has 0 saturated carbocycles. The Morgan fingerprint density at radius 1 is 1.46 bits per heavy atom. The molecule has 1 amide bonds. The molecule has 1 heterocycles. The summed E-state index contributed by atoms with van der Waals surface area (Å²) in [5.74, 6) is -0.426. The Kier molecular flexibility index (Phi) is 5.81. The predicted molar refractivity (Wildman–Crippen MR) is 87.2 cm³/mol. The minimum Gasteiger partial charge on any atom is -0.383 e. The van der Waals surface area contributed by atoms with Crippen molar-refractivity contribution in [3.8, 4) is 0 Å². The Bertz CT molecular complexity index is 776. The van der Waals surface area contributed by atoms with Crippen molar-refractivity contribution in [1.29, 1.82) is 0 Å². The Hall–Kier alpha value is -2.54. The van der Waals surface area contributed by atoms with Crippen LogP contribution in [0.5, 0.6) is 0 Å². The zero-order chi connectivity index (χ0) is 17.7. The second kappa shape index (κ2) is 7.83. The first-order valence-corrected chi connectivity index (χ1v) is 7.52. The highest BCUT2D eigenvalue weighted by Crippen LogP contribution is 2.13. The lowest BCUT2D eigenvalue weighted by Crippen LogP contribution is -2.42. The van der Waals surface area contributed by atoms with Gasteiger partial charge in [-0.15, -0.1) is 0 Å². The van der Waals surface area contributed by atoms with Crippen LogP contribution in [0.2, 0.25) is 0 Å². The van der Waals surface area contributed by atoms with Gasteiger partial charge in [-0.05, 0) is 31.5 Å². The fraction of sp³-hybridized carbons (Fsp3) is 0.353. The fourth-order valence-electron chi connectivity index (χ4n) is 2.38. The van der Waals surface area contributed by atoms with Crippen LogP contribution in [-0.4, -0.2) is 40.5 Å². The standard InChI is InChI=1S/C17H20FN3O3/c1-11(10-24-3)21(9-13-5-4-6-14(18)7-13)17(23)15-8-19-12(2)20-16(15)22/h4-8,11H,9-10H2,1-3H3,(H,19,20,22). The minimum atomic E-state index is -0.499. The van der Waals surface area contributed by atoms with Crippen LogP contribution in [-0.2, 0) is 11.3 Å². The number of hydrogen-bond acceptors (Lipinski definition) is 4. The second-order valence-electron chi connectivity index (χ2n) is 5.58. The van der Waals surface area contributed by atoms with Gasteiger partial charge in [-0.25, -0.2) is 9.37 Å². The summed E-state index contributed by atoms with van der Waals surface area (Å²) in [7, 11) is 1.53. The second-order valence-corrected chi connectivity index (χ2v) is 5.58. The van der Waals surface area contributed by atoms with E-state index in [-0.39, 0.29) is 30.6 Å². The number of rotatable bonds is 6. The Morgan fingerprint density at radius 3 is 2.83 bits per heavy atom. The Balaban J connectivity index is 2.34. The number of nitrogens with one attached hydrogen (secondary N) is 1. The van der Waals surface area contributed by atoms with Gasteiger partial charge in [0.25, 0.3) is 11.5 Å². The van der Waals surface area contributed by atoms with Crippen molar-refractivity contribution in [3.63, 3.8) is 0 Å². The normalized spacial score (nSPS) is 12.0. The molecule has 24 heavy (non-hydrogen) atoms. The maximum atomic E-state index is 13.4. The van der Waals surface area contributed by atoms with Gasteiger partial charge in [0.1, 0.15) is 17.2 Å². The van der Waals surface area contributed by atoms with Crippen LogP contribution in [0.15, 0.2) is 35.3 Å². The van der Waals surface area contributed by atoms with Crippen LogP contribution in [0.3, 0.4) is 0 Å². The highest BCUT2D eigenvalue weighted by Gasteiger charge is 2.24. The third-order valence-electron chi connectivity index (χ3n) is 3.60. The number of amides is 1. The maximum Gasteiger partial charge on any atom is 0.263 e. The number of carbonyl (C=O) groups is 1. The van der Waals surface area contributed by atoms with Crippen LogP contribution in [0.4, 0.5) is 4.39 Å². The van der Waals surface area contributed by atoms with Crippen LogP contribution >= 0.6 is 0 Å². The van der Waals surface area contributed by atoms with E-state index < -0.39 is 11.5 Å². The Morgan fingerprint density at radius 2 is 2.21 bits per heavy atom. The van der Waals surface area contributed by atoms with Crippen molar-refractivity contribution in [2.75, 3.05) is 13.7 Å². The smallest absolute Gasteiger partial charge is 0.263 e. The molecule has 0 radical (unpaired) electrons. The van der Waals surface area contributed by atoms with Gasteiger partial charge in [-0.1, -0.05) is 12.1 Å². The van der Waals surface area contributed by atoms with E-state index in [4.69, 9.17) is 4.74 Å². The van der Waals surface area contributed by atoms with E-state index in [1.807, 2.05) is 0 Å². The molecule has 0 fully saturated rings. The van der Waals surface area contributed by atoms with Gasteiger partial charge in [0, 0.05) is 19.9 Å². The lowest BCUT2D eigenvalue weighted by Gasteiger charge is -2.28. The van der Waals surface area contributed by atoms with E-state index in [2.05, 4.69) is 9.97 Å². The molecule has 1 unspecified atom stereocenters. The summed E-state index contributed by atoms with van der Waals surface area (Å²) in [5.41, 5.74) is 0.0733. The first kappa shape index (κ1) is 17.8. The van der Waals surface area contributed by atoms with Gasteiger partial charge in [-0.3, -0.25) is 9.59 Å². The van der Waals surface area contributed by atoms with Crippen molar-refractivity contribution in [3.05, 3.63) is 63.6 Å². The number of benzene rings is 1. The lowest BCUT2D eigenvalue weighted by molar-refractivity contribution is 0.0539. The highest BCUT2D eigenvalue weighted by molar-refractivity contribution is 5.93. The predicted octanol–water partition coefficient (Wildman–Crippen LogP) is 1.89. The molecule has 2 rings (SSSR count). The molecule has 1 atom stereocenters. The van der Waals surface area contributed by atoms with Crippen molar-refractivity contribution >= 4 is 5.91 Å². The number of aromatic nitrogens is 2. The third-order valence-corrected chi connectivity index (χ3v) is 3.60. The quantitative estimate of drug-likeness (QED) is 0.876. The number of halogens is 1. The van der Waals surface area contributed by atoms with Crippen LogP contribution in [0.1, 0.15) is 28.7 Å². The summed E-state index contributed by atoms with van der Waals surface area (Å²) < 4.78 is 18.5. The molecular formula is C17H20FN3O3. The van der Waals surface area contributed by atoms with E-state index in [1.54, 1.807) is 26.0 Å². The highest BCUT2D eigenvalue weighted by atomic mass is 19.1. The van der Waals surface area contributed by atoms with Gasteiger partial charge in [0.05, 0.1) is 12.6 Å². The van der Waals surface area contributed by atoms with E-state index >= 15 is 0 Å². The molecule has 2 aromatic rings. The summed E-state index contributed by atoms with van der Waals surface area (Å²) in [5, 5.41) is 0. The topological polar surface area (TPSA) is 75.3 Å². The molecule has 7 heteroatoms. The monoisotopic (exact) mass is 333 g/mol. The molecule has 0 bridgehead atoms. The van der Waals surface area contributed by atoms with Crippen LogP contribution in [0, 0.1) is 12.7 Å². The van der Waals surface area contributed by atoms with Crippen molar-refractivity contribution in [2.45, 2.75) is 26.4 Å². The Labute approximate surface area is 139 Å². The summed E-state index contributed by atoms with van der Waals surface area (Å²) >= 11 is 0. The average Bonchev–Trinajstić information content (AvgIpc) is 2.52. The van der Waals surface area contributed by atoms with E-state index in [9.17, 15) is 14.0 Å². The zero-order valence-electron chi connectivity index (χ0n) is 13.9. The van der Waals surface area contributed by atoms with Crippen molar-refractivity contribution in [1.82, 2.24) is 14.9 Å². The number of hydrogen-bond donors (Lipinski definition) is 1. The first-order valence-electron chi connectivity index (χ1n) is 7.52. The van der Waals surface area contributed by atoms with Crippen molar-refractivity contribution < 1.29 is 13.9 Å². The fourth-order valence-corrected chi connectivity index (χ4v) is 2.38. The van der Waals surface area contributed by atoms with E-state index in [1.165, 1.54) is 30.3 Å². The lowest BCUT2D eigenvalue weighted by atomic mass is 10.1. The largest absolute Gasteiger partial charge is 0.383 e. The number of carbonyl (C=O) groups excluding carboxylic acids is 1. The molecule has 0 saturated heterocycles. The number of ether oxygens (including phenoxy) is 1. The van der Waals surface area contributed by atoms with Gasteiger partial charge in [0.2, 0.25) is 0 Å². The summed E-state index contributed by atoms with van der Waals surface area (Å²) in [6, 6.07) is 5.70. The number of aryl methyl sites for hydroxylation is 1. The molecule has 1 aromatic carbocycles. The number of methoxy groups -OCH3 is 1. The van der Waals surface area contributed by atoms with Crippen LogP contribution in [0.25, 0.3) is 0 Å². The van der Waals surface area contributed by atoms with Gasteiger partial charge < -0.3 is 14.6 Å². The molecule has 0 aliphatic rings. The molecule has 6 nitrogen and oxygen atoms in total. The zero-order valence-corrected chi connectivity index (χ0v) is 13.9. The minimum absolute atomic E-state index is 0.0556. The molecule has 0 aliphatic heterocycles. The number of aromatic amines is 1. The number of H-pyrrole nitrogens is 1. The van der Waals surface area contributed by atoms with E-state index in [0.29, 0.717) is 11.4 Å². The summed E-state index contributed by atoms with van der Waals surface area (Å²) in [6.07, 6.45) is 1.26. The van der Waals surface area contributed by atoms with Gasteiger partial charge in [-0.2, -0.15) is 0 Å².